The first kappa shape index (κ1) is 21.9. The summed E-state index contributed by atoms with van der Waals surface area (Å²) in [6, 6.07) is 14.9. The van der Waals surface area contributed by atoms with Gasteiger partial charge in [-0.15, -0.1) is 5.53 Å². The number of pyridine rings is 1. The summed E-state index contributed by atoms with van der Waals surface area (Å²) in [6.45, 7) is 6.26. The molecule has 8 heteroatoms. The standard InChI is InChI=1S/C24H27ClN6O/c1-15(2)8-9-18-14-31(30-29-18)19-12-10-17(11-13-19)27-24(32)28-22-16(3)26-23(25)21-7-5-4-6-20(21)22/h4-7,10-15,29-30H,8-9H2,1-3H3,(H2,27,28,32). The molecule has 0 unspecified atom stereocenters. The number of urea groups is 1. The van der Waals surface area contributed by atoms with Crippen molar-refractivity contribution < 1.29 is 4.79 Å². The summed E-state index contributed by atoms with van der Waals surface area (Å²) in [4.78, 5) is 17.0. The van der Waals surface area contributed by atoms with Gasteiger partial charge in [0.25, 0.3) is 0 Å². The fraction of sp³-hybridized carbons (Fsp3) is 0.250. The molecule has 7 nitrogen and oxygen atoms in total. The van der Waals surface area contributed by atoms with E-state index in [-0.39, 0.29) is 6.03 Å². The van der Waals surface area contributed by atoms with Crippen LogP contribution in [0.15, 0.2) is 60.4 Å². The highest BCUT2D eigenvalue weighted by Crippen LogP contribution is 2.30. The lowest BCUT2D eigenvalue weighted by Gasteiger charge is -2.16. The Bertz CT molecular complexity index is 1160. The highest BCUT2D eigenvalue weighted by Gasteiger charge is 2.15. The van der Waals surface area contributed by atoms with Crippen molar-refractivity contribution in [2.24, 2.45) is 5.92 Å². The molecule has 0 bridgehead atoms. The van der Waals surface area contributed by atoms with Crippen molar-refractivity contribution >= 4 is 45.5 Å². The fourth-order valence-electron chi connectivity index (χ4n) is 3.54. The molecular weight excluding hydrogens is 424 g/mol. The summed E-state index contributed by atoms with van der Waals surface area (Å²) < 4.78 is 0. The zero-order chi connectivity index (χ0) is 22.7. The number of amides is 2. The zero-order valence-electron chi connectivity index (χ0n) is 18.4. The van der Waals surface area contributed by atoms with Gasteiger partial charge in [-0.2, -0.15) is 0 Å². The molecule has 0 radical (unpaired) electrons. The van der Waals surface area contributed by atoms with Crippen LogP contribution in [-0.2, 0) is 0 Å². The first-order chi connectivity index (χ1) is 15.4. The molecule has 0 saturated heterocycles. The lowest BCUT2D eigenvalue weighted by atomic mass is 10.1. The minimum absolute atomic E-state index is 0.341. The maximum absolute atomic E-state index is 12.6. The second-order valence-electron chi connectivity index (χ2n) is 8.23. The molecule has 2 heterocycles. The monoisotopic (exact) mass is 450 g/mol. The van der Waals surface area contributed by atoms with E-state index in [4.69, 9.17) is 11.6 Å². The van der Waals surface area contributed by atoms with E-state index in [2.05, 4.69) is 46.6 Å². The number of halogens is 1. The number of nitrogens with one attached hydrogen (secondary N) is 4. The SMILES string of the molecule is Cc1nc(Cl)c2ccccc2c1NC(=O)Nc1ccc(N2C=C(CCC(C)C)NN2)cc1. The van der Waals surface area contributed by atoms with Crippen LogP contribution in [0.1, 0.15) is 32.4 Å². The van der Waals surface area contributed by atoms with Crippen molar-refractivity contribution in [3.8, 4) is 0 Å². The highest BCUT2D eigenvalue weighted by atomic mass is 35.5. The second kappa shape index (κ2) is 9.46. The summed E-state index contributed by atoms with van der Waals surface area (Å²) in [5, 5.41) is 9.79. The smallest absolute Gasteiger partial charge is 0.308 e. The summed E-state index contributed by atoms with van der Waals surface area (Å²) in [6.07, 6.45) is 4.18. The summed E-state index contributed by atoms with van der Waals surface area (Å²) in [5.41, 5.74) is 10.4. The highest BCUT2D eigenvalue weighted by molar-refractivity contribution is 6.35. The van der Waals surface area contributed by atoms with Gasteiger partial charge in [0.2, 0.25) is 0 Å². The normalized spacial score (nSPS) is 13.3. The third kappa shape index (κ3) is 4.95. The number of rotatable bonds is 6. The molecular formula is C24H27ClN6O. The number of hydrogen-bond donors (Lipinski definition) is 4. The van der Waals surface area contributed by atoms with Gasteiger partial charge in [0.15, 0.2) is 0 Å². The first-order valence-electron chi connectivity index (χ1n) is 10.6. The molecule has 0 saturated carbocycles. The zero-order valence-corrected chi connectivity index (χ0v) is 19.1. The van der Waals surface area contributed by atoms with Gasteiger partial charge in [-0.1, -0.05) is 49.7 Å². The van der Waals surface area contributed by atoms with Crippen LogP contribution in [0, 0.1) is 12.8 Å². The van der Waals surface area contributed by atoms with Gasteiger partial charge < -0.3 is 16.1 Å². The number of benzene rings is 2. The van der Waals surface area contributed by atoms with Gasteiger partial charge >= 0.3 is 6.03 Å². The second-order valence-corrected chi connectivity index (χ2v) is 8.59. The molecule has 4 rings (SSSR count). The first-order valence-corrected chi connectivity index (χ1v) is 11.0. The molecule has 1 aliphatic rings. The van der Waals surface area contributed by atoms with Crippen molar-refractivity contribution in [3.05, 3.63) is 71.3 Å². The van der Waals surface area contributed by atoms with Crippen LogP contribution in [0.25, 0.3) is 10.8 Å². The molecule has 2 aromatic carbocycles. The van der Waals surface area contributed by atoms with E-state index in [1.807, 2.05) is 60.5 Å². The molecule has 32 heavy (non-hydrogen) atoms. The van der Waals surface area contributed by atoms with Crippen LogP contribution < -0.4 is 26.6 Å². The van der Waals surface area contributed by atoms with E-state index in [1.165, 1.54) is 0 Å². The van der Waals surface area contributed by atoms with Gasteiger partial charge in [0.05, 0.1) is 17.1 Å². The molecule has 3 aromatic rings. The van der Waals surface area contributed by atoms with Crippen LogP contribution in [-0.4, -0.2) is 11.0 Å². The summed E-state index contributed by atoms with van der Waals surface area (Å²) in [7, 11) is 0. The van der Waals surface area contributed by atoms with Crippen molar-refractivity contribution in [2.75, 3.05) is 15.6 Å². The molecule has 4 N–H and O–H groups in total. The Morgan fingerprint density at radius 2 is 1.81 bits per heavy atom. The van der Waals surface area contributed by atoms with E-state index in [9.17, 15) is 4.79 Å². The largest absolute Gasteiger partial charge is 0.323 e. The number of hydrogen-bond acceptors (Lipinski definition) is 5. The Morgan fingerprint density at radius 3 is 2.53 bits per heavy atom. The van der Waals surface area contributed by atoms with Gasteiger partial charge in [-0.3, -0.25) is 5.01 Å². The number of nitrogens with zero attached hydrogens (tertiary/aromatic N) is 2. The maximum Gasteiger partial charge on any atom is 0.323 e. The van der Waals surface area contributed by atoms with Crippen LogP contribution in [0.3, 0.4) is 0 Å². The average molecular weight is 451 g/mol. The number of hydrazine groups is 2. The van der Waals surface area contributed by atoms with Crippen LogP contribution in [0.2, 0.25) is 5.15 Å². The number of fused-ring (bicyclic) bond motifs is 1. The number of carbonyl (C=O) groups is 1. The van der Waals surface area contributed by atoms with Gasteiger partial charge in [0.1, 0.15) is 5.15 Å². The summed E-state index contributed by atoms with van der Waals surface area (Å²) in [5.74, 6) is 0.661. The molecule has 0 atom stereocenters. The van der Waals surface area contributed by atoms with Gasteiger partial charge in [0, 0.05) is 28.4 Å². The predicted octanol–water partition coefficient (Wildman–Crippen LogP) is 5.95. The van der Waals surface area contributed by atoms with E-state index >= 15 is 0 Å². The molecule has 0 fully saturated rings. The minimum atomic E-state index is -0.341. The van der Waals surface area contributed by atoms with E-state index < -0.39 is 0 Å². The number of allylic oxidation sites excluding steroid dienone is 1. The van der Waals surface area contributed by atoms with E-state index in [0.29, 0.717) is 28.1 Å². The molecule has 1 aromatic heterocycles. The number of anilines is 3. The topological polar surface area (TPSA) is 81.3 Å². The molecule has 166 valence electrons. The lowest BCUT2D eigenvalue weighted by molar-refractivity contribution is 0.262. The molecule has 0 spiro atoms. The Balaban J connectivity index is 1.42. The van der Waals surface area contributed by atoms with Gasteiger partial charge in [-0.05, 0) is 49.9 Å². The third-order valence-corrected chi connectivity index (χ3v) is 5.59. The number of aromatic nitrogens is 1. The minimum Gasteiger partial charge on any atom is -0.308 e. The quantitative estimate of drug-likeness (QED) is 0.349. The average Bonchev–Trinajstić information content (AvgIpc) is 3.25. The Kier molecular flexibility index (Phi) is 6.48. The van der Waals surface area contributed by atoms with Gasteiger partial charge in [-0.25, -0.2) is 9.78 Å². The van der Waals surface area contributed by atoms with E-state index in [0.717, 1.165) is 35.0 Å². The lowest BCUT2D eigenvalue weighted by Crippen LogP contribution is -2.36. The van der Waals surface area contributed by atoms with Crippen LogP contribution in [0.5, 0.6) is 0 Å². The Hall–Kier alpha value is -3.29. The molecule has 1 aliphatic heterocycles. The van der Waals surface area contributed by atoms with Crippen molar-refractivity contribution in [1.29, 1.82) is 0 Å². The third-order valence-electron chi connectivity index (χ3n) is 5.30. The van der Waals surface area contributed by atoms with Crippen LogP contribution in [0.4, 0.5) is 21.9 Å². The molecule has 0 aliphatic carbocycles. The Labute approximate surface area is 192 Å². The fourth-order valence-corrected chi connectivity index (χ4v) is 3.83. The molecule has 2 amide bonds. The predicted molar refractivity (Wildman–Crippen MR) is 131 cm³/mol. The van der Waals surface area contributed by atoms with Crippen molar-refractivity contribution in [3.63, 3.8) is 0 Å². The van der Waals surface area contributed by atoms with Crippen molar-refractivity contribution in [2.45, 2.75) is 33.6 Å². The number of aryl methyl sites for hydroxylation is 1. The maximum atomic E-state index is 12.6. The number of carbonyl (C=O) groups excluding carboxylic acids is 1. The Morgan fingerprint density at radius 1 is 1.09 bits per heavy atom. The van der Waals surface area contributed by atoms with E-state index in [1.54, 1.807) is 0 Å². The summed E-state index contributed by atoms with van der Waals surface area (Å²) >= 11 is 6.25. The van der Waals surface area contributed by atoms with Crippen LogP contribution >= 0.6 is 11.6 Å². The van der Waals surface area contributed by atoms with Crippen molar-refractivity contribution in [1.82, 2.24) is 15.9 Å².